The van der Waals surface area contributed by atoms with E-state index in [0.717, 1.165) is 29.8 Å². The van der Waals surface area contributed by atoms with Gasteiger partial charge < -0.3 is 9.64 Å². The van der Waals surface area contributed by atoms with Crippen molar-refractivity contribution in [3.8, 4) is 5.75 Å². The SMILES string of the molecule is O=Cc1ccc2c(c1)CN(c1ccc(Cl)cc1)CO2. The molecule has 4 heteroatoms. The lowest BCUT2D eigenvalue weighted by Gasteiger charge is -2.30. The molecule has 2 aromatic rings. The number of carbonyl (C=O) groups is 1. The molecular weight excluding hydrogens is 262 g/mol. The highest BCUT2D eigenvalue weighted by Gasteiger charge is 2.17. The quantitative estimate of drug-likeness (QED) is 0.784. The molecular formula is C15H12ClNO2. The summed E-state index contributed by atoms with van der Waals surface area (Å²) in [6, 6.07) is 13.1. The maximum absolute atomic E-state index is 10.8. The van der Waals surface area contributed by atoms with Crippen molar-refractivity contribution >= 4 is 23.6 Å². The van der Waals surface area contributed by atoms with Gasteiger partial charge in [0.15, 0.2) is 6.73 Å². The van der Waals surface area contributed by atoms with Crippen LogP contribution in [0.25, 0.3) is 0 Å². The number of halogens is 1. The van der Waals surface area contributed by atoms with E-state index >= 15 is 0 Å². The number of hydrogen-bond donors (Lipinski definition) is 0. The normalized spacial score (nSPS) is 13.6. The van der Waals surface area contributed by atoms with E-state index in [1.54, 1.807) is 6.07 Å². The number of ether oxygens (including phenoxy) is 1. The fourth-order valence-corrected chi connectivity index (χ4v) is 2.28. The van der Waals surface area contributed by atoms with E-state index in [-0.39, 0.29) is 0 Å². The summed E-state index contributed by atoms with van der Waals surface area (Å²) >= 11 is 5.88. The van der Waals surface area contributed by atoms with Gasteiger partial charge in [-0.1, -0.05) is 11.6 Å². The summed E-state index contributed by atoms with van der Waals surface area (Å²) in [4.78, 5) is 12.9. The molecule has 0 unspecified atom stereocenters. The van der Waals surface area contributed by atoms with Gasteiger partial charge in [-0.05, 0) is 42.5 Å². The van der Waals surface area contributed by atoms with E-state index < -0.39 is 0 Å². The zero-order valence-corrected chi connectivity index (χ0v) is 10.9. The number of rotatable bonds is 2. The van der Waals surface area contributed by atoms with Crippen molar-refractivity contribution in [2.45, 2.75) is 6.54 Å². The lowest BCUT2D eigenvalue weighted by atomic mass is 10.1. The topological polar surface area (TPSA) is 29.5 Å². The number of carbonyl (C=O) groups excluding carboxylic acids is 1. The first-order valence-electron chi connectivity index (χ1n) is 5.98. The molecule has 0 aliphatic carbocycles. The fraction of sp³-hybridized carbons (Fsp3) is 0.133. The summed E-state index contributed by atoms with van der Waals surface area (Å²) in [5.41, 5.74) is 2.73. The third-order valence-corrected chi connectivity index (χ3v) is 3.40. The van der Waals surface area contributed by atoms with E-state index in [4.69, 9.17) is 16.3 Å². The smallest absolute Gasteiger partial charge is 0.161 e. The summed E-state index contributed by atoms with van der Waals surface area (Å²) < 4.78 is 5.70. The average molecular weight is 274 g/mol. The standard InChI is InChI=1S/C15H12ClNO2/c16-13-2-4-14(5-3-13)17-8-12-7-11(9-18)1-6-15(12)19-10-17/h1-7,9H,8,10H2. The Morgan fingerprint density at radius 3 is 2.68 bits per heavy atom. The van der Waals surface area contributed by atoms with E-state index in [1.807, 2.05) is 36.4 Å². The minimum atomic E-state index is 0.495. The van der Waals surface area contributed by atoms with Crippen molar-refractivity contribution < 1.29 is 9.53 Å². The molecule has 0 fully saturated rings. The van der Waals surface area contributed by atoms with Gasteiger partial charge in [0.1, 0.15) is 12.0 Å². The molecule has 1 heterocycles. The summed E-state index contributed by atoms with van der Waals surface area (Å²) in [7, 11) is 0. The zero-order valence-electron chi connectivity index (χ0n) is 10.2. The van der Waals surface area contributed by atoms with Gasteiger partial charge in [0.05, 0.1) is 0 Å². The molecule has 0 aromatic heterocycles. The lowest BCUT2D eigenvalue weighted by molar-refractivity contribution is 0.112. The molecule has 1 aliphatic heterocycles. The Bertz CT molecular complexity index is 610. The molecule has 1 aliphatic rings. The summed E-state index contributed by atoms with van der Waals surface area (Å²) in [5.74, 6) is 0.843. The van der Waals surface area contributed by atoms with Crippen molar-refractivity contribution in [3.63, 3.8) is 0 Å². The second-order valence-corrected chi connectivity index (χ2v) is 4.87. The molecule has 0 radical (unpaired) electrons. The molecule has 0 atom stereocenters. The third kappa shape index (κ3) is 2.42. The van der Waals surface area contributed by atoms with Crippen LogP contribution in [0.1, 0.15) is 15.9 Å². The highest BCUT2D eigenvalue weighted by molar-refractivity contribution is 6.30. The van der Waals surface area contributed by atoms with Gasteiger partial charge in [0.2, 0.25) is 0 Å². The Morgan fingerprint density at radius 1 is 1.16 bits per heavy atom. The minimum absolute atomic E-state index is 0.495. The largest absolute Gasteiger partial charge is 0.473 e. The second-order valence-electron chi connectivity index (χ2n) is 4.43. The maximum Gasteiger partial charge on any atom is 0.161 e. The van der Waals surface area contributed by atoms with Gasteiger partial charge >= 0.3 is 0 Å². The lowest BCUT2D eigenvalue weighted by Crippen LogP contribution is -2.31. The Morgan fingerprint density at radius 2 is 1.95 bits per heavy atom. The molecule has 19 heavy (non-hydrogen) atoms. The van der Waals surface area contributed by atoms with Crippen LogP contribution in [0.2, 0.25) is 5.02 Å². The van der Waals surface area contributed by atoms with Crippen LogP contribution in [0.5, 0.6) is 5.75 Å². The van der Waals surface area contributed by atoms with Crippen LogP contribution in [0.15, 0.2) is 42.5 Å². The Balaban J connectivity index is 1.88. The number of hydrogen-bond acceptors (Lipinski definition) is 3. The maximum atomic E-state index is 10.8. The predicted molar refractivity (Wildman–Crippen MR) is 75.0 cm³/mol. The van der Waals surface area contributed by atoms with Crippen LogP contribution in [0.4, 0.5) is 5.69 Å². The number of nitrogens with zero attached hydrogens (tertiary/aromatic N) is 1. The van der Waals surface area contributed by atoms with Crippen LogP contribution < -0.4 is 9.64 Å². The van der Waals surface area contributed by atoms with E-state index in [1.165, 1.54) is 0 Å². The van der Waals surface area contributed by atoms with Gasteiger partial charge in [0, 0.05) is 28.4 Å². The Hall–Kier alpha value is -2.00. The van der Waals surface area contributed by atoms with Crippen molar-refractivity contribution in [3.05, 3.63) is 58.6 Å². The van der Waals surface area contributed by atoms with Crippen molar-refractivity contribution in [1.82, 2.24) is 0 Å². The first-order valence-corrected chi connectivity index (χ1v) is 6.35. The van der Waals surface area contributed by atoms with Crippen LogP contribution in [0.3, 0.4) is 0 Å². The van der Waals surface area contributed by atoms with Gasteiger partial charge in [-0.2, -0.15) is 0 Å². The van der Waals surface area contributed by atoms with Gasteiger partial charge in [0.25, 0.3) is 0 Å². The highest BCUT2D eigenvalue weighted by atomic mass is 35.5. The molecule has 96 valence electrons. The summed E-state index contributed by atoms with van der Waals surface area (Å²) in [6.07, 6.45) is 0.849. The van der Waals surface area contributed by atoms with Crippen molar-refractivity contribution in [1.29, 1.82) is 0 Å². The Kier molecular flexibility index (Phi) is 3.13. The zero-order chi connectivity index (χ0) is 13.2. The van der Waals surface area contributed by atoms with Gasteiger partial charge in [-0.3, -0.25) is 4.79 Å². The molecule has 0 spiro atoms. The molecule has 2 aromatic carbocycles. The number of anilines is 1. The predicted octanol–water partition coefficient (Wildman–Crippen LogP) is 3.51. The molecule has 0 amide bonds. The highest BCUT2D eigenvalue weighted by Crippen LogP contribution is 2.29. The van der Waals surface area contributed by atoms with Crippen molar-refractivity contribution in [2.75, 3.05) is 11.6 Å². The number of benzene rings is 2. The Labute approximate surface area is 116 Å². The number of aldehydes is 1. The van der Waals surface area contributed by atoms with E-state index in [2.05, 4.69) is 4.90 Å². The molecule has 3 nitrogen and oxygen atoms in total. The van der Waals surface area contributed by atoms with Crippen LogP contribution in [0, 0.1) is 0 Å². The van der Waals surface area contributed by atoms with Crippen LogP contribution >= 0.6 is 11.6 Å². The number of fused-ring (bicyclic) bond motifs is 1. The first-order chi connectivity index (χ1) is 9.26. The van der Waals surface area contributed by atoms with Crippen LogP contribution in [-0.4, -0.2) is 13.0 Å². The first kappa shape index (κ1) is 12.1. The molecule has 0 bridgehead atoms. The summed E-state index contributed by atoms with van der Waals surface area (Å²) in [5, 5.41) is 0.713. The fourth-order valence-electron chi connectivity index (χ4n) is 2.15. The van der Waals surface area contributed by atoms with Gasteiger partial charge in [-0.25, -0.2) is 0 Å². The summed E-state index contributed by atoms with van der Waals surface area (Å²) in [6.45, 7) is 1.22. The molecule has 0 saturated carbocycles. The minimum Gasteiger partial charge on any atom is -0.473 e. The molecule has 0 saturated heterocycles. The monoisotopic (exact) mass is 273 g/mol. The molecule has 0 N–H and O–H groups in total. The van der Waals surface area contributed by atoms with E-state index in [9.17, 15) is 4.79 Å². The van der Waals surface area contributed by atoms with Gasteiger partial charge in [-0.15, -0.1) is 0 Å². The third-order valence-electron chi connectivity index (χ3n) is 3.15. The molecule has 3 rings (SSSR count). The van der Waals surface area contributed by atoms with Crippen LogP contribution in [-0.2, 0) is 6.54 Å². The van der Waals surface area contributed by atoms with Crippen molar-refractivity contribution in [2.24, 2.45) is 0 Å². The van der Waals surface area contributed by atoms with E-state index in [0.29, 0.717) is 17.3 Å². The average Bonchev–Trinajstić information content (AvgIpc) is 2.47. The second kappa shape index (κ2) is 4.94.